The third-order valence-corrected chi connectivity index (χ3v) is 6.67. The topological polar surface area (TPSA) is 114 Å². The van der Waals surface area contributed by atoms with Crippen LogP contribution in [0.4, 0.5) is 16.0 Å². The molecule has 1 aliphatic heterocycles. The Morgan fingerprint density at radius 1 is 1.20 bits per heavy atom. The quantitative estimate of drug-likeness (QED) is 0.376. The van der Waals surface area contributed by atoms with Crippen LogP contribution < -0.4 is 16.0 Å². The molecule has 1 fully saturated rings. The number of hydrogen-bond donors (Lipinski definition) is 3. The molecule has 10 heteroatoms. The molecule has 1 aliphatic rings. The van der Waals surface area contributed by atoms with E-state index in [1.165, 1.54) is 12.4 Å². The first-order valence-corrected chi connectivity index (χ1v) is 11.9. The first kappa shape index (κ1) is 23.0. The zero-order valence-electron chi connectivity index (χ0n) is 20.0. The number of nitrogens with one attached hydrogen (secondary N) is 2. The van der Waals surface area contributed by atoms with Crippen molar-refractivity contribution in [2.24, 2.45) is 0 Å². The number of H-pyrrole nitrogens is 1. The maximum absolute atomic E-state index is 13.8. The second kappa shape index (κ2) is 9.83. The Morgan fingerprint density at radius 2 is 2.03 bits per heavy atom. The molecule has 9 nitrogen and oxygen atoms in total. The summed E-state index contributed by atoms with van der Waals surface area (Å²) in [7, 11) is 1.95. The Hall–Kier alpha value is -3.79. The number of aromatic nitrogens is 6. The second-order valence-corrected chi connectivity index (χ2v) is 8.95. The van der Waals surface area contributed by atoms with Gasteiger partial charge < -0.3 is 20.5 Å². The highest BCUT2D eigenvalue weighted by Gasteiger charge is 2.28. The van der Waals surface area contributed by atoms with Crippen molar-refractivity contribution < 1.29 is 4.39 Å². The standard InChI is InChI=1S/C25H30FN9/c1-16-11-18(3-4-20(16)26)21-14-35(10-7-28-2)24(33-21)17-5-8-34(9-6-17)25-22(19-12-31-32-13-19)23(27)29-15-30-25/h3-4,11-15,17,28H,5-10H2,1-2H3,(H,31,32)(H2,27,29,30). The largest absolute Gasteiger partial charge is 0.383 e. The summed E-state index contributed by atoms with van der Waals surface area (Å²) < 4.78 is 16.1. The minimum absolute atomic E-state index is 0.198. The van der Waals surface area contributed by atoms with Gasteiger partial charge in [-0.25, -0.2) is 19.3 Å². The van der Waals surface area contributed by atoms with Crippen LogP contribution in [0.1, 0.15) is 30.1 Å². The molecule has 0 amide bonds. The van der Waals surface area contributed by atoms with Crippen molar-refractivity contribution >= 4 is 11.6 Å². The molecular formula is C25H30FN9. The van der Waals surface area contributed by atoms with Gasteiger partial charge >= 0.3 is 0 Å². The summed E-state index contributed by atoms with van der Waals surface area (Å²) in [6.07, 6.45) is 9.03. The third-order valence-electron chi connectivity index (χ3n) is 6.67. The van der Waals surface area contributed by atoms with Crippen LogP contribution in [0.15, 0.2) is 43.1 Å². The van der Waals surface area contributed by atoms with Gasteiger partial charge in [-0.05, 0) is 50.6 Å². The molecule has 3 aromatic heterocycles. The summed E-state index contributed by atoms with van der Waals surface area (Å²) in [5.74, 6) is 2.47. The Balaban J connectivity index is 1.39. The number of nitrogens with two attached hydrogens (primary N) is 1. The monoisotopic (exact) mass is 475 g/mol. The number of halogens is 1. The molecule has 1 saturated heterocycles. The first-order chi connectivity index (χ1) is 17.0. The van der Waals surface area contributed by atoms with Gasteiger partial charge in [0.05, 0.1) is 17.5 Å². The van der Waals surface area contributed by atoms with E-state index < -0.39 is 0 Å². The Morgan fingerprint density at radius 3 is 2.74 bits per heavy atom. The highest BCUT2D eigenvalue weighted by Crippen LogP contribution is 2.36. The third kappa shape index (κ3) is 4.61. The average molecular weight is 476 g/mol. The summed E-state index contributed by atoms with van der Waals surface area (Å²) in [6, 6.07) is 5.18. The predicted octanol–water partition coefficient (Wildman–Crippen LogP) is 3.36. The number of nitrogen functional groups attached to an aromatic ring is 1. The molecular weight excluding hydrogens is 445 g/mol. The van der Waals surface area contributed by atoms with Crippen LogP contribution >= 0.6 is 0 Å². The van der Waals surface area contributed by atoms with Crippen LogP contribution in [-0.4, -0.2) is 56.4 Å². The van der Waals surface area contributed by atoms with E-state index in [0.29, 0.717) is 17.3 Å². The molecule has 0 atom stereocenters. The van der Waals surface area contributed by atoms with Gasteiger partial charge in [0.2, 0.25) is 0 Å². The van der Waals surface area contributed by atoms with Crippen LogP contribution in [0.2, 0.25) is 0 Å². The number of benzene rings is 1. The van der Waals surface area contributed by atoms with Crippen molar-refractivity contribution in [1.29, 1.82) is 0 Å². The number of nitrogens with zero attached hydrogens (tertiary/aromatic N) is 6. The van der Waals surface area contributed by atoms with E-state index in [2.05, 4.69) is 41.1 Å². The van der Waals surface area contributed by atoms with Crippen molar-refractivity contribution in [3.05, 3.63) is 60.3 Å². The smallest absolute Gasteiger partial charge is 0.142 e. The molecule has 0 aliphatic carbocycles. The highest BCUT2D eigenvalue weighted by molar-refractivity contribution is 5.83. The zero-order chi connectivity index (χ0) is 24.4. The molecule has 4 N–H and O–H groups in total. The Kier molecular flexibility index (Phi) is 6.45. The van der Waals surface area contributed by atoms with Gasteiger partial charge in [0, 0.05) is 55.6 Å². The van der Waals surface area contributed by atoms with Gasteiger partial charge in [-0.2, -0.15) is 5.10 Å². The van der Waals surface area contributed by atoms with Crippen LogP contribution in [0.25, 0.3) is 22.4 Å². The molecule has 35 heavy (non-hydrogen) atoms. The van der Waals surface area contributed by atoms with Gasteiger partial charge in [0.15, 0.2) is 0 Å². The fourth-order valence-corrected chi connectivity index (χ4v) is 4.75. The van der Waals surface area contributed by atoms with E-state index in [0.717, 1.165) is 73.0 Å². The fraction of sp³-hybridized carbons (Fsp3) is 0.360. The molecule has 4 heterocycles. The lowest BCUT2D eigenvalue weighted by Crippen LogP contribution is -2.35. The van der Waals surface area contributed by atoms with Gasteiger partial charge in [-0.15, -0.1) is 0 Å². The van der Waals surface area contributed by atoms with E-state index in [4.69, 9.17) is 10.7 Å². The lowest BCUT2D eigenvalue weighted by Gasteiger charge is -2.33. The summed E-state index contributed by atoms with van der Waals surface area (Å²) >= 11 is 0. The van der Waals surface area contributed by atoms with Gasteiger partial charge in [-0.3, -0.25) is 5.10 Å². The van der Waals surface area contributed by atoms with Crippen molar-refractivity contribution in [1.82, 2.24) is 35.0 Å². The van der Waals surface area contributed by atoms with Crippen LogP contribution in [0.5, 0.6) is 0 Å². The van der Waals surface area contributed by atoms with E-state index >= 15 is 0 Å². The summed E-state index contributed by atoms with van der Waals surface area (Å²) in [6.45, 7) is 5.11. The van der Waals surface area contributed by atoms with Gasteiger partial charge in [-0.1, -0.05) is 0 Å². The fourth-order valence-electron chi connectivity index (χ4n) is 4.75. The number of hydrogen-bond acceptors (Lipinski definition) is 7. The first-order valence-electron chi connectivity index (χ1n) is 11.9. The molecule has 5 rings (SSSR count). The van der Waals surface area contributed by atoms with Crippen LogP contribution in [-0.2, 0) is 6.54 Å². The van der Waals surface area contributed by atoms with E-state index in [9.17, 15) is 4.39 Å². The minimum Gasteiger partial charge on any atom is -0.383 e. The van der Waals surface area contributed by atoms with E-state index in [1.54, 1.807) is 19.2 Å². The summed E-state index contributed by atoms with van der Waals surface area (Å²) in [4.78, 5) is 16.1. The molecule has 4 aromatic rings. The van der Waals surface area contributed by atoms with Crippen molar-refractivity contribution in [2.45, 2.75) is 32.2 Å². The minimum atomic E-state index is -0.198. The molecule has 0 spiro atoms. The Bertz CT molecular complexity index is 1290. The van der Waals surface area contributed by atoms with Crippen LogP contribution in [0.3, 0.4) is 0 Å². The van der Waals surface area contributed by atoms with Gasteiger partial charge in [0.1, 0.15) is 29.6 Å². The summed E-state index contributed by atoms with van der Waals surface area (Å²) in [5, 5.41) is 10.1. The number of anilines is 2. The van der Waals surface area contributed by atoms with Crippen LogP contribution in [0, 0.1) is 12.7 Å². The number of imidazole rings is 1. The Labute approximate surface area is 203 Å². The number of rotatable bonds is 7. The summed E-state index contributed by atoms with van der Waals surface area (Å²) in [5.41, 5.74) is 10.3. The zero-order valence-corrected chi connectivity index (χ0v) is 20.0. The predicted molar refractivity (Wildman–Crippen MR) is 134 cm³/mol. The number of aryl methyl sites for hydroxylation is 1. The molecule has 1 aromatic carbocycles. The van der Waals surface area contributed by atoms with Gasteiger partial charge in [0.25, 0.3) is 0 Å². The molecule has 0 bridgehead atoms. The van der Waals surface area contributed by atoms with Crippen molar-refractivity contribution in [3.8, 4) is 22.4 Å². The average Bonchev–Trinajstić information content (AvgIpc) is 3.55. The maximum atomic E-state index is 13.8. The lowest BCUT2D eigenvalue weighted by atomic mass is 9.95. The molecule has 182 valence electrons. The van der Waals surface area contributed by atoms with E-state index in [1.807, 2.05) is 19.3 Å². The van der Waals surface area contributed by atoms with Crippen molar-refractivity contribution in [2.75, 3.05) is 37.3 Å². The number of aromatic amines is 1. The molecule has 0 saturated carbocycles. The normalized spacial score (nSPS) is 14.5. The molecule has 0 radical (unpaired) electrons. The SMILES string of the molecule is CNCCn1cc(-c2ccc(F)c(C)c2)nc1C1CCN(c2ncnc(N)c2-c2cn[nH]c2)CC1. The lowest BCUT2D eigenvalue weighted by molar-refractivity contribution is 0.461. The second-order valence-electron chi connectivity index (χ2n) is 8.95. The van der Waals surface area contributed by atoms with E-state index in [-0.39, 0.29) is 5.82 Å². The molecule has 0 unspecified atom stereocenters. The highest BCUT2D eigenvalue weighted by atomic mass is 19.1. The maximum Gasteiger partial charge on any atom is 0.142 e. The van der Waals surface area contributed by atoms with Crippen molar-refractivity contribution in [3.63, 3.8) is 0 Å². The number of piperidine rings is 1. The number of likely N-dealkylation sites (N-methyl/N-ethyl adjacent to an activating group) is 1.